The first-order chi connectivity index (χ1) is 8.67. The second-order valence-corrected chi connectivity index (χ2v) is 5.55. The van der Waals surface area contributed by atoms with Crippen molar-refractivity contribution in [2.24, 2.45) is 5.73 Å². The highest BCUT2D eigenvalue weighted by Gasteiger charge is 2.29. The maximum Gasteiger partial charge on any atom is 0.0373 e. The Morgan fingerprint density at radius 2 is 2.11 bits per heavy atom. The maximum atomic E-state index is 5.64. The summed E-state index contributed by atoms with van der Waals surface area (Å²) in [5.74, 6) is 0. The van der Waals surface area contributed by atoms with E-state index in [-0.39, 0.29) is 0 Å². The Balaban J connectivity index is 2.25. The quantitative estimate of drug-likeness (QED) is 0.883. The number of hydrogen-bond acceptors (Lipinski definition) is 2. The van der Waals surface area contributed by atoms with Crippen LogP contribution >= 0.6 is 0 Å². The molecule has 2 rings (SSSR count). The lowest BCUT2D eigenvalue weighted by atomic mass is 10.0. The Morgan fingerprint density at radius 1 is 1.33 bits per heavy atom. The van der Waals surface area contributed by atoms with Crippen LogP contribution < -0.4 is 10.6 Å². The molecule has 2 N–H and O–H groups in total. The summed E-state index contributed by atoms with van der Waals surface area (Å²) < 4.78 is 0. The Hall–Kier alpha value is -1.02. The van der Waals surface area contributed by atoms with Gasteiger partial charge in [0.2, 0.25) is 0 Å². The van der Waals surface area contributed by atoms with Gasteiger partial charge in [0.05, 0.1) is 0 Å². The molecule has 1 aliphatic rings. The molecule has 0 radical (unpaired) electrons. The summed E-state index contributed by atoms with van der Waals surface area (Å²) >= 11 is 0. The van der Waals surface area contributed by atoms with Crippen LogP contribution in [0.25, 0.3) is 0 Å². The zero-order valence-electron chi connectivity index (χ0n) is 11.9. The molecule has 0 amide bonds. The van der Waals surface area contributed by atoms with Gasteiger partial charge >= 0.3 is 0 Å². The molecule has 2 nitrogen and oxygen atoms in total. The van der Waals surface area contributed by atoms with E-state index in [1.165, 1.54) is 36.1 Å². The summed E-state index contributed by atoms with van der Waals surface area (Å²) in [6.07, 6.45) is 4.89. The standard InChI is InChI=1S/C16H26N2/c1-4-15-7-5-13(3)18(15)16-8-6-14(9-10-17)12(2)11-16/h6,8,11,13,15H,4-5,7,9-10,17H2,1-3H3. The molecule has 1 heterocycles. The third-order valence-corrected chi connectivity index (χ3v) is 4.30. The van der Waals surface area contributed by atoms with Crippen LogP contribution in [0.5, 0.6) is 0 Å². The molecular formula is C16H26N2. The smallest absolute Gasteiger partial charge is 0.0373 e. The van der Waals surface area contributed by atoms with Crippen molar-refractivity contribution in [3.63, 3.8) is 0 Å². The molecule has 2 heteroatoms. The summed E-state index contributed by atoms with van der Waals surface area (Å²) in [7, 11) is 0. The average molecular weight is 246 g/mol. The lowest BCUT2D eigenvalue weighted by molar-refractivity contribution is 0.628. The molecule has 1 aromatic carbocycles. The summed E-state index contributed by atoms with van der Waals surface area (Å²) in [6, 6.07) is 8.28. The SMILES string of the molecule is CCC1CCC(C)N1c1ccc(CCN)c(C)c1. The molecule has 0 saturated carbocycles. The molecule has 0 aliphatic carbocycles. The van der Waals surface area contributed by atoms with Crippen LogP contribution in [-0.4, -0.2) is 18.6 Å². The fourth-order valence-corrected chi connectivity index (χ4v) is 3.21. The molecule has 100 valence electrons. The fourth-order valence-electron chi connectivity index (χ4n) is 3.21. The topological polar surface area (TPSA) is 29.3 Å². The Kier molecular flexibility index (Phi) is 4.28. The van der Waals surface area contributed by atoms with E-state index in [1.54, 1.807) is 0 Å². The van der Waals surface area contributed by atoms with Gasteiger partial charge in [-0.1, -0.05) is 13.0 Å². The first-order valence-corrected chi connectivity index (χ1v) is 7.25. The number of anilines is 1. The number of hydrogen-bond donors (Lipinski definition) is 1. The third-order valence-electron chi connectivity index (χ3n) is 4.30. The second-order valence-electron chi connectivity index (χ2n) is 5.55. The normalized spacial score (nSPS) is 23.7. The third kappa shape index (κ3) is 2.54. The predicted molar refractivity (Wildman–Crippen MR) is 79.2 cm³/mol. The summed E-state index contributed by atoms with van der Waals surface area (Å²) in [5.41, 5.74) is 9.81. The van der Waals surface area contributed by atoms with Crippen molar-refractivity contribution < 1.29 is 0 Å². The minimum absolute atomic E-state index is 0.676. The molecular weight excluding hydrogens is 220 g/mol. The van der Waals surface area contributed by atoms with Gasteiger partial charge in [-0.15, -0.1) is 0 Å². The molecule has 1 aliphatic heterocycles. The van der Waals surface area contributed by atoms with E-state index >= 15 is 0 Å². The van der Waals surface area contributed by atoms with Gasteiger partial charge in [0.1, 0.15) is 0 Å². The van der Waals surface area contributed by atoms with Crippen molar-refractivity contribution in [3.05, 3.63) is 29.3 Å². The highest BCUT2D eigenvalue weighted by molar-refractivity contribution is 5.53. The highest BCUT2D eigenvalue weighted by atomic mass is 15.2. The Morgan fingerprint density at radius 3 is 2.72 bits per heavy atom. The number of aryl methyl sites for hydroxylation is 1. The number of benzene rings is 1. The van der Waals surface area contributed by atoms with Crippen molar-refractivity contribution in [3.8, 4) is 0 Å². The van der Waals surface area contributed by atoms with Crippen molar-refractivity contribution in [1.29, 1.82) is 0 Å². The predicted octanol–water partition coefficient (Wildman–Crippen LogP) is 3.26. The molecule has 2 atom stereocenters. The largest absolute Gasteiger partial charge is 0.366 e. The van der Waals surface area contributed by atoms with E-state index < -0.39 is 0 Å². The van der Waals surface area contributed by atoms with Crippen LogP contribution in [0.1, 0.15) is 44.2 Å². The minimum Gasteiger partial charge on any atom is -0.366 e. The van der Waals surface area contributed by atoms with E-state index in [2.05, 4.69) is 43.9 Å². The summed E-state index contributed by atoms with van der Waals surface area (Å²) in [6.45, 7) is 7.58. The Labute approximate surface area is 111 Å². The van der Waals surface area contributed by atoms with Crippen LogP contribution in [0.4, 0.5) is 5.69 Å². The van der Waals surface area contributed by atoms with Gasteiger partial charge in [-0.2, -0.15) is 0 Å². The van der Waals surface area contributed by atoms with Gasteiger partial charge in [0.15, 0.2) is 0 Å². The highest BCUT2D eigenvalue weighted by Crippen LogP contribution is 2.32. The van der Waals surface area contributed by atoms with Crippen molar-refractivity contribution in [2.45, 2.75) is 58.5 Å². The molecule has 0 aromatic heterocycles. The van der Waals surface area contributed by atoms with E-state index in [9.17, 15) is 0 Å². The molecule has 18 heavy (non-hydrogen) atoms. The first kappa shape index (κ1) is 13.4. The summed E-state index contributed by atoms with van der Waals surface area (Å²) in [4.78, 5) is 2.61. The van der Waals surface area contributed by atoms with Crippen LogP contribution in [0.3, 0.4) is 0 Å². The van der Waals surface area contributed by atoms with Crippen molar-refractivity contribution in [1.82, 2.24) is 0 Å². The summed E-state index contributed by atoms with van der Waals surface area (Å²) in [5, 5.41) is 0. The van der Waals surface area contributed by atoms with Gasteiger partial charge in [-0.05, 0) is 69.3 Å². The van der Waals surface area contributed by atoms with Gasteiger partial charge < -0.3 is 10.6 Å². The number of nitrogens with zero attached hydrogens (tertiary/aromatic N) is 1. The lowest BCUT2D eigenvalue weighted by Crippen LogP contribution is -2.34. The van der Waals surface area contributed by atoms with E-state index in [4.69, 9.17) is 5.73 Å². The average Bonchev–Trinajstić information content (AvgIpc) is 2.73. The van der Waals surface area contributed by atoms with Crippen molar-refractivity contribution >= 4 is 5.69 Å². The van der Waals surface area contributed by atoms with Gasteiger partial charge in [-0.3, -0.25) is 0 Å². The van der Waals surface area contributed by atoms with Gasteiger partial charge in [0.25, 0.3) is 0 Å². The van der Waals surface area contributed by atoms with Crippen LogP contribution in [0.2, 0.25) is 0 Å². The van der Waals surface area contributed by atoms with Crippen LogP contribution in [0, 0.1) is 6.92 Å². The van der Waals surface area contributed by atoms with Crippen molar-refractivity contribution in [2.75, 3.05) is 11.4 Å². The maximum absolute atomic E-state index is 5.64. The molecule has 1 aromatic rings. The van der Waals surface area contributed by atoms with E-state index in [1.807, 2.05) is 0 Å². The molecule has 0 spiro atoms. The first-order valence-electron chi connectivity index (χ1n) is 7.25. The molecule has 1 fully saturated rings. The molecule has 0 bridgehead atoms. The van der Waals surface area contributed by atoms with E-state index in [0.717, 1.165) is 19.0 Å². The zero-order chi connectivity index (χ0) is 13.1. The van der Waals surface area contributed by atoms with E-state index in [0.29, 0.717) is 6.04 Å². The molecule has 1 saturated heterocycles. The Bertz CT molecular complexity index is 400. The zero-order valence-corrected chi connectivity index (χ0v) is 11.9. The van der Waals surface area contributed by atoms with Crippen LogP contribution in [-0.2, 0) is 6.42 Å². The lowest BCUT2D eigenvalue weighted by Gasteiger charge is -2.31. The van der Waals surface area contributed by atoms with Crippen LogP contribution in [0.15, 0.2) is 18.2 Å². The van der Waals surface area contributed by atoms with Gasteiger partial charge in [-0.25, -0.2) is 0 Å². The molecule has 2 unspecified atom stereocenters. The number of rotatable bonds is 4. The number of nitrogens with two attached hydrogens (primary N) is 1. The fraction of sp³-hybridized carbons (Fsp3) is 0.625. The monoisotopic (exact) mass is 246 g/mol. The van der Waals surface area contributed by atoms with Gasteiger partial charge in [0, 0.05) is 17.8 Å². The second kappa shape index (κ2) is 5.75. The minimum atomic E-state index is 0.676.